The largest absolute Gasteiger partial charge is 0.410 e. The molecule has 0 atom stereocenters. The van der Waals surface area contributed by atoms with Gasteiger partial charge in [-0.05, 0) is 0 Å². The number of quaternary nitrogens is 1. The highest BCUT2D eigenvalue weighted by Gasteiger charge is 2.09. The normalized spacial score (nSPS) is 12.2. The van der Waals surface area contributed by atoms with Gasteiger partial charge in [0.25, 0.3) is 0 Å². The molecule has 0 saturated carbocycles. The van der Waals surface area contributed by atoms with Crippen molar-refractivity contribution in [2.24, 2.45) is 5.16 Å². The molecular formula is C6H13N2O2+. The molecule has 0 aromatic rings. The van der Waals surface area contributed by atoms with Gasteiger partial charge in [-0.3, -0.25) is 4.79 Å². The zero-order chi connectivity index (χ0) is 8.15. The van der Waals surface area contributed by atoms with Crippen LogP contribution in [0.5, 0.6) is 0 Å². The summed E-state index contributed by atoms with van der Waals surface area (Å²) >= 11 is 0. The van der Waals surface area contributed by atoms with Crippen LogP contribution in [0.25, 0.3) is 0 Å². The minimum Gasteiger partial charge on any atom is -0.410 e. The van der Waals surface area contributed by atoms with Gasteiger partial charge in [0.15, 0.2) is 11.5 Å². The molecule has 0 amide bonds. The van der Waals surface area contributed by atoms with Gasteiger partial charge in [-0.1, -0.05) is 5.16 Å². The van der Waals surface area contributed by atoms with Crippen LogP contribution < -0.4 is 4.90 Å². The SMILES string of the molecule is CC(=O)/C(C[NH+](C)C)=N/O. The van der Waals surface area contributed by atoms with Crippen molar-refractivity contribution in [1.82, 2.24) is 0 Å². The summed E-state index contributed by atoms with van der Waals surface area (Å²) in [6.45, 7) is 1.85. The molecule has 2 N–H and O–H groups in total. The number of carbonyl (C=O) groups is 1. The van der Waals surface area contributed by atoms with E-state index < -0.39 is 0 Å². The number of carbonyl (C=O) groups excluding carboxylic acids is 1. The van der Waals surface area contributed by atoms with E-state index in [4.69, 9.17) is 5.21 Å². The number of nitrogens with one attached hydrogen (secondary N) is 1. The fraction of sp³-hybridized carbons (Fsp3) is 0.667. The summed E-state index contributed by atoms with van der Waals surface area (Å²) in [6.07, 6.45) is 0. The third kappa shape index (κ3) is 3.19. The third-order valence-corrected chi connectivity index (χ3v) is 1.05. The second kappa shape index (κ2) is 4.00. The molecule has 0 aliphatic carbocycles. The average Bonchev–Trinajstić information content (AvgIpc) is 1.81. The molecule has 0 heterocycles. The lowest BCUT2D eigenvalue weighted by molar-refractivity contribution is -0.848. The van der Waals surface area contributed by atoms with Gasteiger partial charge >= 0.3 is 0 Å². The van der Waals surface area contributed by atoms with Crippen LogP contribution in [-0.4, -0.2) is 37.3 Å². The van der Waals surface area contributed by atoms with Crippen molar-refractivity contribution >= 4 is 11.5 Å². The van der Waals surface area contributed by atoms with Crippen LogP contribution >= 0.6 is 0 Å². The van der Waals surface area contributed by atoms with Gasteiger partial charge < -0.3 is 10.1 Å². The fourth-order valence-electron chi connectivity index (χ4n) is 0.565. The van der Waals surface area contributed by atoms with Gasteiger partial charge in [0.2, 0.25) is 0 Å². The van der Waals surface area contributed by atoms with Crippen molar-refractivity contribution in [1.29, 1.82) is 0 Å². The molecule has 0 saturated heterocycles. The van der Waals surface area contributed by atoms with Crippen LogP contribution in [0.2, 0.25) is 0 Å². The van der Waals surface area contributed by atoms with Gasteiger partial charge in [-0.15, -0.1) is 0 Å². The Morgan fingerprint density at radius 2 is 2.10 bits per heavy atom. The van der Waals surface area contributed by atoms with Crippen LogP contribution in [-0.2, 0) is 4.79 Å². The fourth-order valence-corrected chi connectivity index (χ4v) is 0.565. The monoisotopic (exact) mass is 145 g/mol. The first-order chi connectivity index (χ1) is 4.57. The van der Waals surface area contributed by atoms with E-state index >= 15 is 0 Å². The zero-order valence-corrected chi connectivity index (χ0v) is 6.51. The summed E-state index contributed by atoms with van der Waals surface area (Å²) in [4.78, 5) is 11.7. The first-order valence-electron chi connectivity index (χ1n) is 3.08. The molecule has 0 aromatic heterocycles. The molecular weight excluding hydrogens is 132 g/mol. The van der Waals surface area contributed by atoms with E-state index in [1.54, 1.807) is 0 Å². The van der Waals surface area contributed by atoms with E-state index in [1.165, 1.54) is 6.92 Å². The first kappa shape index (κ1) is 9.10. The van der Waals surface area contributed by atoms with Gasteiger partial charge in [0.05, 0.1) is 14.1 Å². The average molecular weight is 145 g/mol. The number of rotatable bonds is 3. The van der Waals surface area contributed by atoms with E-state index in [9.17, 15) is 4.79 Å². The Balaban J connectivity index is 3.99. The number of hydrogen-bond acceptors (Lipinski definition) is 3. The quantitative estimate of drug-likeness (QED) is 0.290. The van der Waals surface area contributed by atoms with Crippen LogP contribution in [0, 0.1) is 0 Å². The minimum atomic E-state index is -0.177. The molecule has 4 nitrogen and oxygen atoms in total. The molecule has 0 bridgehead atoms. The maximum atomic E-state index is 10.6. The zero-order valence-electron chi connectivity index (χ0n) is 6.51. The summed E-state index contributed by atoms with van der Waals surface area (Å²) in [5.74, 6) is -0.177. The van der Waals surface area contributed by atoms with E-state index in [1.807, 2.05) is 14.1 Å². The summed E-state index contributed by atoms with van der Waals surface area (Å²) in [5.41, 5.74) is 0.222. The number of hydrogen-bond donors (Lipinski definition) is 2. The highest BCUT2D eigenvalue weighted by atomic mass is 16.4. The molecule has 0 fully saturated rings. The number of oxime groups is 1. The summed E-state index contributed by atoms with van der Waals surface area (Å²) in [6, 6.07) is 0. The van der Waals surface area contributed by atoms with Gasteiger partial charge in [-0.2, -0.15) is 0 Å². The van der Waals surface area contributed by atoms with Gasteiger partial charge in [-0.25, -0.2) is 0 Å². The van der Waals surface area contributed by atoms with Crippen molar-refractivity contribution in [3.05, 3.63) is 0 Å². The second-order valence-corrected chi connectivity index (χ2v) is 2.49. The van der Waals surface area contributed by atoms with Crippen molar-refractivity contribution in [3.8, 4) is 0 Å². The maximum Gasteiger partial charge on any atom is 0.183 e. The molecule has 0 unspecified atom stereocenters. The number of Topliss-reactive ketones (excluding diaryl/α,β-unsaturated/α-hetero) is 1. The van der Waals surface area contributed by atoms with Crippen LogP contribution in [0.1, 0.15) is 6.92 Å². The molecule has 0 aliphatic heterocycles. The van der Waals surface area contributed by atoms with Crippen molar-refractivity contribution < 1.29 is 14.9 Å². The molecule has 58 valence electrons. The summed E-state index contributed by atoms with van der Waals surface area (Å²) < 4.78 is 0. The Hall–Kier alpha value is -0.900. The molecule has 0 aromatic carbocycles. The molecule has 0 rings (SSSR count). The Morgan fingerprint density at radius 1 is 1.60 bits per heavy atom. The van der Waals surface area contributed by atoms with Crippen LogP contribution in [0.3, 0.4) is 0 Å². The standard InChI is InChI=1S/C6H12N2O2/c1-5(9)6(7-10)4-8(2)3/h10H,4H2,1-3H3/p+1/b7-6+. The number of ketones is 1. The van der Waals surface area contributed by atoms with E-state index in [0.29, 0.717) is 6.54 Å². The molecule has 10 heavy (non-hydrogen) atoms. The molecule has 0 radical (unpaired) electrons. The number of nitrogens with zero attached hydrogens (tertiary/aromatic N) is 1. The predicted molar refractivity (Wildman–Crippen MR) is 37.6 cm³/mol. The smallest absolute Gasteiger partial charge is 0.183 e. The molecule has 0 aliphatic rings. The Morgan fingerprint density at radius 3 is 2.20 bits per heavy atom. The third-order valence-electron chi connectivity index (χ3n) is 1.05. The van der Waals surface area contributed by atoms with Crippen molar-refractivity contribution in [2.75, 3.05) is 20.6 Å². The van der Waals surface area contributed by atoms with E-state index in [0.717, 1.165) is 4.90 Å². The van der Waals surface area contributed by atoms with E-state index in [2.05, 4.69) is 5.16 Å². The van der Waals surface area contributed by atoms with Gasteiger partial charge in [0.1, 0.15) is 6.54 Å². The van der Waals surface area contributed by atoms with Crippen LogP contribution in [0.4, 0.5) is 0 Å². The maximum absolute atomic E-state index is 10.6. The highest BCUT2D eigenvalue weighted by molar-refractivity contribution is 6.39. The lowest BCUT2D eigenvalue weighted by Crippen LogP contribution is -3.06. The lowest BCUT2D eigenvalue weighted by Gasteiger charge is -2.04. The van der Waals surface area contributed by atoms with E-state index in [-0.39, 0.29) is 11.5 Å². The predicted octanol–water partition coefficient (Wildman–Crippen LogP) is -1.45. The van der Waals surface area contributed by atoms with Gasteiger partial charge in [0, 0.05) is 6.92 Å². The summed E-state index contributed by atoms with van der Waals surface area (Å²) in [5, 5.41) is 11.2. The first-order valence-corrected chi connectivity index (χ1v) is 3.08. The van der Waals surface area contributed by atoms with Crippen molar-refractivity contribution in [3.63, 3.8) is 0 Å². The Kier molecular flexibility index (Phi) is 3.64. The topological polar surface area (TPSA) is 54.1 Å². The molecule has 0 spiro atoms. The molecule has 4 heteroatoms. The Bertz CT molecular complexity index is 152. The Labute approximate surface area is 60.1 Å². The second-order valence-electron chi connectivity index (χ2n) is 2.49. The van der Waals surface area contributed by atoms with Crippen LogP contribution in [0.15, 0.2) is 5.16 Å². The van der Waals surface area contributed by atoms with Crippen molar-refractivity contribution in [2.45, 2.75) is 6.92 Å². The summed E-state index contributed by atoms with van der Waals surface area (Å²) in [7, 11) is 3.77. The lowest BCUT2D eigenvalue weighted by atomic mass is 10.2. The minimum absolute atomic E-state index is 0.177. The highest BCUT2D eigenvalue weighted by Crippen LogP contribution is 1.74.